The van der Waals surface area contributed by atoms with Crippen LogP contribution in [-0.4, -0.2) is 27.4 Å². The summed E-state index contributed by atoms with van der Waals surface area (Å²) in [7, 11) is 0. The highest BCUT2D eigenvalue weighted by atomic mass is 32.2. The Morgan fingerprint density at radius 2 is 1.82 bits per heavy atom. The van der Waals surface area contributed by atoms with Crippen LogP contribution in [0.2, 0.25) is 0 Å². The first-order valence-electron chi connectivity index (χ1n) is 5.26. The van der Waals surface area contributed by atoms with Gasteiger partial charge in [-0.25, -0.2) is 0 Å². The highest BCUT2D eigenvalue weighted by molar-refractivity contribution is 8.01. The molecule has 0 saturated carbocycles. The molecule has 2 N–H and O–H groups in total. The largest absolute Gasteiger partial charge is 0.480 e. The van der Waals surface area contributed by atoms with Crippen LogP contribution in [0.15, 0.2) is 29.2 Å². The van der Waals surface area contributed by atoms with Crippen LogP contribution in [0.4, 0.5) is 0 Å². The van der Waals surface area contributed by atoms with Gasteiger partial charge in [-0.05, 0) is 18.1 Å². The van der Waals surface area contributed by atoms with Crippen LogP contribution < -0.4 is 0 Å². The van der Waals surface area contributed by atoms with Crippen LogP contribution in [-0.2, 0) is 16.0 Å². The predicted octanol–water partition coefficient (Wildman–Crippen LogP) is 2.27. The molecule has 92 valence electrons. The van der Waals surface area contributed by atoms with Crippen LogP contribution in [0.1, 0.15) is 18.9 Å². The number of aliphatic carboxylic acids is 2. The molecule has 1 aromatic rings. The number of benzene rings is 1. The molecule has 0 aromatic heterocycles. The Kier molecular flexibility index (Phi) is 5.03. The van der Waals surface area contributed by atoms with Gasteiger partial charge >= 0.3 is 11.9 Å². The van der Waals surface area contributed by atoms with Crippen molar-refractivity contribution in [2.75, 3.05) is 0 Å². The molecule has 0 radical (unpaired) electrons. The van der Waals surface area contributed by atoms with E-state index in [9.17, 15) is 9.59 Å². The number of hydrogen-bond donors (Lipinski definition) is 2. The standard InChI is InChI=1S/C12H14O4S/c1-2-5-8-6-3-4-7-9(8)17-10(11(13)14)12(15)16/h3-4,6-7,10H,2,5H2,1H3,(H,13,14)(H,15,16). The normalized spacial score (nSPS) is 10.5. The van der Waals surface area contributed by atoms with E-state index in [1.54, 1.807) is 12.1 Å². The summed E-state index contributed by atoms with van der Waals surface area (Å²) >= 11 is 0.872. The summed E-state index contributed by atoms with van der Waals surface area (Å²) in [5.41, 5.74) is 0.993. The Balaban J connectivity index is 2.92. The SMILES string of the molecule is CCCc1ccccc1SC(C(=O)O)C(=O)O. The maximum atomic E-state index is 10.8. The highest BCUT2D eigenvalue weighted by Crippen LogP contribution is 2.28. The van der Waals surface area contributed by atoms with Crippen molar-refractivity contribution in [3.63, 3.8) is 0 Å². The van der Waals surface area contributed by atoms with Crippen molar-refractivity contribution in [2.24, 2.45) is 0 Å². The Hall–Kier alpha value is -1.49. The van der Waals surface area contributed by atoms with Gasteiger partial charge in [0.05, 0.1) is 0 Å². The van der Waals surface area contributed by atoms with Crippen molar-refractivity contribution in [1.29, 1.82) is 0 Å². The topological polar surface area (TPSA) is 74.6 Å². The zero-order chi connectivity index (χ0) is 12.8. The lowest BCUT2D eigenvalue weighted by atomic mass is 10.1. The van der Waals surface area contributed by atoms with Crippen LogP contribution in [0.25, 0.3) is 0 Å². The molecule has 0 atom stereocenters. The van der Waals surface area contributed by atoms with E-state index in [1.807, 2.05) is 19.1 Å². The van der Waals surface area contributed by atoms with E-state index in [0.717, 1.165) is 35.1 Å². The second kappa shape index (κ2) is 6.30. The third kappa shape index (κ3) is 3.78. The molecule has 1 aromatic carbocycles. The lowest BCUT2D eigenvalue weighted by Gasteiger charge is -2.11. The molecule has 0 aliphatic heterocycles. The number of carboxylic acids is 2. The summed E-state index contributed by atoms with van der Waals surface area (Å²) in [6, 6.07) is 7.30. The Morgan fingerprint density at radius 3 is 2.35 bits per heavy atom. The maximum Gasteiger partial charge on any atom is 0.328 e. The van der Waals surface area contributed by atoms with Crippen molar-refractivity contribution in [1.82, 2.24) is 0 Å². The molecular formula is C12H14O4S. The van der Waals surface area contributed by atoms with E-state index in [-0.39, 0.29) is 0 Å². The predicted molar refractivity (Wildman–Crippen MR) is 65.4 cm³/mol. The zero-order valence-corrected chi connectivity index (χ0v) is 10.2. The average molecular weight is 254 g/mol. The molecule has 4 nitrogen and oxygen atoms in total. The number of carboxylic acid groups (broad SMARTS) is 2. The van der Waals surface area contributed by atoms with Gasteiger partial charge in [0.25, 0.3) is 0 Å². The van der Waals surface area contributed by atoms with Gasteiger partial charge in [-0.3, -0.25) is 9.59 Å². The Labute approximate surface area is 104 Å². The lowest BCUT2D eigenvalue weighted by molar-refractivity contribution is -0.146. The minimum Gasteiger partial charge on any atom is -0.480 e. The third-order valence-electron chi connectivity index (χ3n) is 2.19. The molecule has 5 heteroatoms. The molecule has 1 rings (SSSR count). The van der Waals surface area contributed by atoms with E-state index in [4.69, 9.17) is 10.2 Å². The van der Waals surface area contributed by atoms with Crippen molar-refractivity contribution in [3.05, 3.63) is 29.8 Å². The van der Waals surface area contributed by atoms with Crippen LogP contribution in [0, 0.1) is 0 Å². The van der Waals surface area contributed by atoms with Gasteiger partial charge < -0.3 is 10.2 Å². The molecule has 0 saturated heterocycles. The molecule has 0 heterocycles. The van der Waals surface area contributed by atoms with Gasteiger partial charge in [0.2, 0.25) is 5.25 Å². The second-order valence-corrected chi connectivity index (χ2v) is 4.68. The molecular weight excluding hydrogens is 240 g/mol. The van der Waals surface area contributed by atoms with Gasteiger partial charge in [-0.1, -0.05) is 43.3 Å². The zero-order valence-electron chi connectivity index (χ0n) is 9.42. The first-order chi connectivity index (χ1) is 8.06. The Bertz CT molecular complexity index is 403. The second-order valence-electron chi connectivity index (χ2n) is 3.53. The number of rotatable bonds is 6. The van der Waals surface area contributed by atoms with Crippen molar-refractivity contribution in [3.8, 4) is 0 Å². The average Bonchev–Trinajstić information content (AvgIpc) is 2.27. The molecule has 17 heavy (non-hydrogen) atoms. The highest BCUT2D eigenvalue weighted by Gasteiger charge is 2.27. The van der Waals surface area contributed by atoms with Crippen LogP contribution in [0.5, 0.6) is 0 Å². The lowest BCUT2D eigenvalue weighted by Crippen LogP contribution is -2.26. The summed E-state index contributed by atoms with van der Waals surface area (Å²) in [5.74, 6) is -2.65. The number of aryl methyl sites for hydroxylation is 1. The molecule has 0 bridgehead atoms. The maximum absolute atomic E-state index is 10.8. The fourth-order valence-corrected chi connectivity index (χ4v) is 2.36. The van der Waals surface area contributed by atoms with Crippen molar-refractivity contribution >= 4 is 23.7 Å². The first kappa shape index (κ1) is 13.6. The molecule has 0 unspecified atom stereocenters. The fourth-order valence-electron chi connectivity index (χ4n) is 1.43. The first-order valence-corrected chi connectivity index (χ1v) is 6.14. The summed E-state index contributed by atoms with van der Waals surface area (Å²) in [4.78, 5) is 22.4. The van der Waals surface area contributed by atoms with Gasteiger partial charge in [0, 0.05) is 4.90 Å². The van der Waals surface area contributed by atoms with Crippen LogP contribution in [0.3, 0.4) is 0 Å². The molecule has 0 aliphatic rings. The smallest absolute Gasteiger partial charge is 0.328 e. The van der Waals surface area contributed by atoms with E-state index in [1.165, 1.54) is 0 Å². The summed E-state index contributed by atoms with van der Waals surface area (Å²) in [6.45, 7) is 2.02. The van der Waals surface area contributed by atoms with Gasteiger partial charge in [-0.15, -0.1) is 0 Å². The van der Waals surface area contributed by atoms with E-state index < -0.39 is 17.2 Å². The molecule has 0 amide bonds. The van der Waals surface area contributed by atoms with E-state index in [2.05, 4.69) is 0 Å². The number of carbonyl (C=O) groups is 2. The Morgan fingerprint density at radius 1 is 1.24 bits per heavy atom. The van der Waals surface area contributed by atoms with E-state index in [0.29, 0.717) is 0 Å². The van der Waals surface area contributed by atoms with Gasteiger partial charge in [0.15, 0.2) is 0 Å². The number of hydrogen-bond acceptors (Lipinski definition) is 3. The summed E-state index contributed by atoms with van der Waals surface area (Å²) in [5, 5.41) is 16.2. The molecule has 0 aliphatic carbocycles. The van der Waals surface area contributed by atoms with E-state index >= 15 is 0 Å². The molecule has 0 fully saturated rings. The monoisotopic (exact) mass is 254 g/mol. The van der Waals surface area contributed by atoms with Crippen molar-refractivity contribution < 1.29 is 19.8 Å². The number of thioether (sulfide) groups is 1. The quantitative estimate of drug-likeness (QED) is 0.601. The minimum absolute atomic E-state index is 0.726. The molecule has 0 spiro atoms. The fraction of sp³-hybridized carbons (Fsp3) is 0.333. The van der Waals surface area contributed by atoms with Crippen molar-refractivity contribution in [2.45, 2.75) is 29.9 Å². The van der Waals surface area contributed by atoms with Gasteiger partial charge in [0.1, 0.15) is 0 Å². The summed E-state index contributed by atoms with van der Waals surface area (Å²) in [6.07, 6.45) is 1.75. The third-order valence-corrected chi connectivity index (χ3v) is 3.48. The minimum atomic E-state index is -1.45. The van der Waals surface area contributed by atoms with Crippen LogP contribution >= 0.6 is 11.8 Å². The van der Waals surface area contributed by atoms with Gasteiger partial charge in [-0.2, -0.15) is 0 Å². The summed E-state index contributed by atoms with van der Waals surface area (Å²) < 4.78 is 0.